The first-order valence-corrected chi connectivity index (χ1v) is 5.52. The summed E-state index contributed by atoms with van der Waals surface area (Å²) in [7, 11) is 0. The molecule has 0 saturated carbocycles. The summed E-state index contributed by atoms with van der Waals surface area (Å²) < 4.78 is 0. The Labute approximate surface area is 85.7 Å². The zero-order valence-electron chi connectivity index (χ0n) is 7.57. The van der Waals surface area contributed by atoms with Gasteiger partial charge in [0, 0.05) is 19.0 Å². The average molecular weight is 249 g/mol. The van der Waals surface area contributed by atoms with Crippen LogP contribution in [0.2, 0.25) is 0 Å². The summed E-state index contributed by atoms with van der Waals surface area (Å²) in [4.78, 5) is 21.7. The fourth-order valence-corrected chi connectivity index (χ4v) is 2.21. The Morgan fingerprint density at radius 1 is 1.62 bits per heavy atom. The van der Waals surface area contributed by atoms with E-state index in [4.69, 9.17) is 0 Å². The molecule has 0 aromatic heterocycles. The van der Waals surface area contributed by atoms with Gasteiger partial charge >= 0.3 is 0 Å². The Balaban J connectivity index is 2.62. The molecule has 0 aliphatic carbocycles. The molecule has 0 N–H and O–H groups in total. The SMILES string of the molecule is CC[C@H]1CN(N=O)C[C@H]1C(=O)CBr. The van der Waals surface area contributed by atoms with Crippen LogP contribution >= 0.6 is 15.9 Å². The van der Waals surface area contributed by atoms with Gasteiger partial charge in [0.2, 0.25) is 0 Å². The zero-order valence-corrected chi connectivity index (χ0v) is 9.16. The van der Waals surface area contributed by atoms with E-state index in [0.717, 1.165) is 6.42 Å². The molecule has 1 rings (SSSR count). The van der Waals surface area contributed by atoms with Crippen LogP contribution in [0.1, 0.15) is 13.3 Å². The molecule has 1 saturated heterocycles. The maximum atomic E-state index is 11.4. The highest BCUT2D eigenvalue weighted by Gasteiger charge is 2.35. The van der Waals surface area contributed by atoms with Crippen LogP contribution in [0, 0.1) is 16.7 Å². The van der Waals surface area contributed by atoms with Gasteiger partial charge < -0.3 is 0 Å². The minimum Gasteiger partial charge on any atom is -0.298 e. The molecule has 0 bridgehead atoms. The van der Waals surface area contributed by atoms with Gasteiger partial charge in [-0.3, -0.25) is 9.80 Å². The summed E-state index contributed by atoms with van der Waals surface area (Å²) in [5, 5.41) is 4.69. The molecule has 0 spiro atoms. The highest BCUT2D eigenvalue weighted by molar-refractivity contribution is 9.09. The molecule has 0 aromatic rings. The number of carbonyl (C=O) groups is 1. The molecule has 2 atom stereocenters. The highest BCUT2D eigenvalue weighted by atomic mass is 79.9. The lowest BCUT2D eigenvalue weighted by atomic mass is 9.91. The molecule has 1 heterocycles. The van der Waals surface area contributed by atoms with E-state index in [0.29, 0.717) is 24.3 Å². The molecule has 1 aliphatic rings. The second-order valence-corrected chi connectivity index (χ2v) is 3.89. The predicted molar refractivity (Wildman–Crippen MR) is 53.4 cm³/mol. The number of nitroso groups, excluding NO2 is 1. The van der Waals surface area contributed by atoms with Crippen molar-refractivity contribution in [2.45, 2.75) is 13.3 Å². The zero-order chi connectivity index (χ0) is 9.84. The fraction of sp³-hybridized carbons (Fsp3) is 0.875. The molecule has 13 heavy (non-hydrogen) atoms. The Kier molecular flexibility index (Phi) is 3.84. The molecule has 0 unspecified atom stereocenters. The summed E-state index contributed by atoms with van der Waals surface area (Å²) in [6.07, 6.45) is 0.926. The summed E-state index contributed by atoms with van der Waals surface area (Å²) in [5.74, 6) is 0.461. The van der Waals surface area contributed by atoms with Crippen LogP contribution in [0.4, 0.5) is 0 Å². The minimum absolute atomic E-state index is 0.0120. The predicted octanol–water partition coefficient (Wildman–Crippen LogP) is 1.59. The van der Waals surface area contributed by atoms with E-state index in [9.17, 15) is 9.70 Å². The van der Waals surface area contributed by atoms with Crippen molar-refractivity contribution >= 4 is 21.7 Å². The van der Waals surface area contributed by atoms with Crippen LogP contribution < -0.4 is 0 Å². The van der Waals surface area contributed by atoms with E-state index >= 15 is 0 Å². The van der Waals surface area contributed by atoms with Crippen LogP contribution in [-0.2, 0) is 4.79 Å². The Morgan fingerprint density at radius 2 is 2.31 bits per heavy atom. The van der Waals surface area contributed by atoms with E-state index in [1.54, 1.807) is 0 Å². The maximum absolute atomic E-state index is 11.4. The topological polar surface area (TPSA) is 49.7 Å². The molecule has 1 fully saturated rings. The van der Waals surface area contributed by atoms with Crippen LogP contribution in [0.3, 0.4) is 0 Å². The molecule has 0 aromatic carbocycles. The van der Waals surface area contributed by atoms with Gasteiger partial charge in [-0.15, -0.1) is 4.91 Å². The van der Waals surface area contributed by atoms with Gasteiger partial charge in [-0.25, -0.2) is 0 Å². The molecule has 1 aliphatic heterocycles. The molecule has 0 amide bonds. The standard InChI is InChI=1S/C8H13BrN2O2/c1-2-6-4-11(10-13)5-7(6)8(12)3-9/h6-7H,2-5H2,1H3/t6-,7+/m0/s1. The van der Waals surface area contributed by atoms with Crippen LogP contribution in [0.15, 0.2) is 5.29 Å². The number of nitrogens with zero attached hydrogens (tertiary/aromatic N) is 2. The van der Waals surface area contributed by atoms with Gasteiger partial charge in [-0.1, -0.05) is 29.3 Å². The number of hydrogen-bond acceptors (Lipinski definition) is 3. The van der Waals surface area contributed by atoms with E-state index < -0.39 is 0 Å². The first-order valence-electron chi connectivity index (χ1n) is 4.39. The lowest BCUT2D eigenvalue weighted by Gasteiger charge is -2.12. The van der Waals surface area contributed by atoms with Crippen molar-refractivity contribution < 1.29 is 4.79 Å². The van der Waals surface area contributed by atoms with Crippen LogP contribution in [0.5, 0.6) is 0 Å². The van der Waals surface area contributed by atoms with Gasteiger partial charge in [0.25, 0.3) is 0 Å². The summed E-state index contributed by atoms with van der Waals surface area (Å²) >= 11 is 3.15. The number of hydrogen-bond donors (Lipinski definition) is 0. The number of halogens is 1. The maximum Gasteiger partial charge on any atom is 0.148 e. The number of rotatable bonds is 4. The van der Waals surface area contributed by atoms with Gasteiger partial charge in [-0.05, 0) is 5.92 Å². The molecular weight excluding hydrogens is 236 g/mol. The molecule has 74 valence electrons. The van der Waals surface area contributed by atoms with Crippen molar-refractivity contribution in [3.05, 3.63) is 4.91 Å². The highest BCUT2D eigenvalue weighted by Crippen LogP contribution is 2.27. The quantitative estimate of drug-likeness (QED) is 0.561. The molecule has 4 nitrogen and oxygen atoms in total. The second kappa shape index (κ2) is 4.69. The lowest BCUT2D eigenvalue weighted by Crippen LogP contribution is -2.23. The van der Waals surface area contributed by atoms with Crippen molar-refractivity contribution in [2.75, 3.05) is 18.4 Å². The first kappa shape index (κ1) is 10.6. The van der Waals surface area contributed by atoms with Gasteiger partial charge in [0.15, 0.2) is 0 Å². The third-order valence-corrected chi connectivity index (χ3v) is 3.16. The second-order valence-electron chi connectivity index (χ2n) is 3.33. The molecular formula is C8H13BrN2O2. The summed E-state index contributed by atoms with van der Waals surface area (Å²) in [5.41, 5.74) is 0. The van der Waals surface area contributed by atoms with Gasteiger partial charge in [0.1, 0.15) is 5.78 Å². The van der Waals surface area contributed by atoms with E-state index in [1.165, 1.54) is 5.01 Å². The fourth-order valence-electron chi connectivity index (χ4n) is 1.79. The molecule has 5 heteroatoms. The van der Waals surface area contributed by atoms with Crippen molar-refractivity contribution in [3.8, 4) is 0 Å². The van der Waals surface area contributed by atoms with Crippen LogP contribution in [-0.4, -0.2) is 29.2 Å². The number of alkyl halides is 1. The Bertz CT molecular complexity index is 210. The third kappa shape index (κ3) is 2.27. The summed E-state index contributed by atoms with van der Waals surface area (Å²) in [6, 6.07) is 0. The van der Waals surface area contributed by atoms with E-state index in [2.05, 4.69) is 21.2 Å². The smallest absolute Gasteiger partial charge is 0.148 e. The largest absolute Gasteiger partial charge is 0.298 e. The third-order valence-electron chi connectivity index (χ3n) is 2.61. The minimum atomic E-state index is -0.0120. The van der Waals surface area contributed by atoms with E-state index in [-0.39, 0.29) is 11.7 Å². The normalized spacial score (nSPS) is 27.7. The van der Waals surface area contributed by atoms with Gasteiger partial charge in [-0.2, -0.15) is 0 Å². The summed E-state index contributed by atoms with van der Waals surface area (Å²) in [6.45, 7) is 3.16. The average Bonchev–Trinajstić information content (AvgIpc) is 2.59. The van der Waals surface area contributed by atoms with Crippen LogP contribution in [0.25, 0.3) is 0 Å². The number of ketones is 1. The van der Waals surface area contributed by atoms with Gasteiger partial charge in [0.05, 0.1) is 10.6 Å². The van der Waals surface area contributed by atoms with Crippen molar-refractivity contribution in [1.82, 2.24) is 5.01 Å². The first-order chi connectivity index (χ1) is 6.22. The van der Waals surface area contributed by atoms with Crippen molar-refractivity contribution in [2.24, 2.45) is 17.1 Å². The lowest BCUT2D eigenvalue weighted by molar-refractivity contribution is -0.120. The number of carbonyl (C=O) groups excluding carboxylic acids is 1. The van der Waals surface area contributed by atoms with Crippen molar-refractivity contribution in [3.63, 3.8) is 0 Å². The van der Waals surface area contributed by atoms with Crippen molar-refractivity contribution in [1.29, 1.82) is 0 Å². The number of Topliss-reactive ketones (excluding diaryl/α,β-unsaturated/α-hetero) is 1. The Hall–Kier alpha value is -0.450. The monoisotopic (exact) mass is 248 g/mol. The Morgan fingerprint density at radius 3 is 2.77 bits per heavy atom. The molecule has 0 radical (unpaired) electrons. The van der Waals surface area contributed by atoms with E-state index in [1.807, 2.05) is 6.92 Å².